The Bertz CT molecular complexity index is 734. The topological polar surface area (TPSA) is 84.7 Å². The molecule has 0 radical (unpaired) electrons. The number of hydrogen-bond donors (Lipinski definition) is 2. The third-order valence-electron chi connectivity index (χ3n) is 2.76. The van der Waals surface area contributed by atoms with Gasteiger partial charge in [0.05, 0.1) is 17.3 Å². The lowest BCUT2D eigenvalue weighted by Gasteiger charge is -2.05. The van der Waals surface area contributed by atoms with Gasteiger partial charge in [-0.3, -0.25) is 9.89 Å². The first-order valence-electron chi connectivity index (χ1n) is 5.66. The van der Waals surface area contributed by atoms with Gasteiger partial charge < -0.3 is 10.5 Å². The monoisotopic (exact) mass is 254 g/mol. The largest absolute Gasteiger partial charge is 0.619 e. The van der Waals surface area contributed by atoms with Crippen LogP contribution < -0.4 is 10.0 Å². The lowest BCUT2D eigenvalue weighted by Crippen LogP contribution is -2.25. The Labute approximate surface area is 108 Å². The molecule has 0 aliphatic carbocycles. The average Bonchev–Trinajstić information content (AvgIpc) is 2.87. The summed E-state index contributed by atoms with van der Waals surface area (Å²) in [6.07, 6.45) is 4.26. The van der Waals surface area contributed by atoms with E-state index in [4.69, 9.17) is 0 Å². The summed E-state index contributed by atoms with van der Waals surface area (Å²) in [5, 5.41) is 21.3. The van der Waals surface area contributed by atoms with Gasteiger partial charge in [0, 0.05) is 23.2 Å². The van der Waals surface area contributed by atoms with Gasteiger partial charge in [-0.1, -0.05) is 0 Å². The molecule has 0 aliphatic rings. The number of carbonyl (C=O) groups excluding carboxylic acids is 1. The number of carbonyl (C=O) groups is 1. The van der Waals surface area contributed by atoms with E-state index < -0.39 is 0 Å². The van der Waals surface area contributed by atoms with Crippen LogP contribution in [-0.2, 0) is 0 Å². The number of pyridine rings is 1. The van der Waals surface area contributed by atoms with Crippen molar-refractivity contribution in [2.24, 2.45) is 0 Å². The first-order valence-corrected chi connectivity index (χ1v) is 5.66. The van der Waals surface area contributed by atoms with Crippen LogP contribution in [0.5, 0.6) is 0 Å². The van der Waals surface area contributed by atoms with E-state index >= 15 is 0 Å². The maximum Gasteiger partial charge on any atom is 0.256 e. The zero-order chi connectivity index (χ0) is 13.2. The lowest BCUT2D eigenvalue weighted by molar-refractivity contribution is -0.605. The predicted octanol–water partition coefficient (Wildman–Crippen LogP) is 1.45. The molecule has 2 heterocycles. The quantitative estimate of drug-likeness (QED) is 0.536. The average molecular weight is 254 g/mol. The van der Waals surface area contributed by atoms with Crippen molar-refractivity contribution >= 4 is 22.5 Å². The summed E-state index contributed by atoms with van der Waals surface area (Å²) < 4.78 is 0.633. The number of amides is 1. The highest BCUT2D eigenvalue weighted by Crippen LogP contribution is 2.17. The van der Waals surface area contributed by atoms with Crippen LogP contribution in [0.15, 0.2) is 48.9 Å². The van der Waals surface area contributed by atoms with E-state index in [0.29, 0.717) is 16.0 Å². The highest BCUT2D eigenvalue weighted by molar-refractivity contribution is 6.04. The number of aromatic amines is 1. The second kappa shape index (κ2) is 4.41. The minimum Gasteiger partial charge on any atom is -0.619 e. The molecule has 3 rings (SSSR count). The summed E-state index contributed by atoms with van der Waals surface area (Å²) in [4.78, 5) is 12.0. The molecule has 0 aliphatic heterocycles. The molecule has 0 spiro atoms. The summed E-state index contributed by atoms with van der Waals surface area (Å²) in [5.41, 5.74) is 2.02. The molecule has 0 unspecified atom stereocenters. The smallest absolute Gasteiger partial charge is 0.256 e. The van der Waals surface area contributed by atoms with E-state index in [2.05, 4.69) is 15.5 Å². The van der Waals surface area contributed by atoms with Gasteiger partial charge in [-0.05, 0) is 18.2 Å². The summed E-state index contributed by atoms with van der Waals surface area (Å²) in [6, 6.07) is 8.40. The Morgan fingerprint density at radius 1 is 1.26 bits per heavy atom. The maximum atomic E-state index is 12.0. The highest BCUT2D eigenvalue weighted by Gasteiger charge is 2.07. The first kappa shape index (κ1) is 11.2. The Balaban J connectivity index is 1.83. The van der Waals surface area contributed by atoms with Crippen LogP contribution in [0.2, 0.25) is 0 Å². The van der Waals surface area contributed by atoms with Crippen molar-refractivity contribution in [1.82, 2.24) is 10.2 Å². The van der Waals surface area contributed by atoms with Crippen molar-refractivity contribution in [1.29, 1.82) is 0 Å². The van der Waals surface area contributed by atoms with Gasteiger partial charge in [-0.25, -0.2) is 0 Å². The number of nitrogens with one attached hydrogen (secondary N) is 2. The second-order valence-corrected chi connectivity index (χ2v) is 4.07. The Hall–Kier alpha value is -2.89. The Morgan fingerprint density at radius 2 is 2.05 bits per heavy atom. The Kier molecular flexibility index (Phi) is 2.60. The molecule has 0 atom stereocenters. The number of benzene rings is 1. The standard InChI is InChI=1S/C13H10N4O2/c18-13(9-3-5-17(19)6-4-9)15-11-1-2-12-10(7-11)8-14-16-12/h1-8H,(H,14,16)(H,15,18). The molecule has 1 aromatic carbocycles. The van der Waals surface area contributed by atoms with Crippen LogP contribution in [0, 0.1) is 5.21 Å². The van der Waals surface area contributed by atoms with Crippen molar-refractivity contribution in [2.45, 2.75) is 0 Å². The number of anilines is 1. The number of nitrogens with zero attached hydrogens (tertiary/aromatic N) is 2. The molecular weight excluding hydrogens is 244 g/mol. The number of aromatic nitrogens is 3. The molecule has 94 valence electrons. The molecule has 2 N–H and O–H groups in total. The molecule has 19 heavy (non-hydrogen) atoms. The van der Waals surface area contributed by atoms with E-state index in [1.165, 1.54) is 24.5 Å². The van der Waals surface area contributed by atoms with Crippen molar-refractivity contribution in [3.05, 3.63) is 59.7 Å². The molecule has 0 saturated carbocycles. The molecule has 6 nitrogen and oxygen atoms in total. The van der Waals surface area contributed by atoms with Gasteiger partial charge in [0.1, 0.15) is 0 Å². The van der Waals surface area contributed by atoms with Crippen molar-refractivity contribution in [3.8, 4) is 0 Å². The number of rotatable bonds is 2. The van der Waals surface area contributed by atoms with E-state index in [9.17, 15) is 10.0 Å². The normalized spacial score (nSPS) is 10.5. The van der Waals surface area contributed by atoms with Crippen molar-refractivity contribution in [2.75, 3.05) is 5.32 Å². The SMILES string of the molecule is O=C(Nc1ccc2[nH]ncc2c1)c1cc[n+]([O-])cc1. The van der Waals surface area contributed by atoms with Gasteiger partial charge in [0.15, 0.2) is 12.4 Å². The fraction of sp³-hybridized carbons (Fsp3) is 0. The summed E-state index contributed by atoms with van der Waals surface area (Å²) in [7, 11) is 0. The van der Waals surface area contributed by atoms with Crippen molar-refractivity contribution < 1.29 is 9.52 Å². The van der Waals surface area contributed by atoms with E-state index in [0.717, 1.165) is 10.9 Å². The van der Waals surface area contributed by atoms with Crippen molar-refractivity contribution in [3.63, 3.8) is 0 Å². The van der Waals surface area contributed by atoms with Gasteiger partial charge in [-0.2, -0.15) is 9.83 Å². The molecule has 1 amide bonds. The van der Waals surface area contributed by atoms with Gasteiger partial charge in [0.2, 0.25) is 0 Å². The van der Waals surface area contributed by atoms with Crippen LogP contribution in [0.3, 0.4) is 0 Å². The van der Waals surface area contributed by atoms with E-state index in [1.807, 2.05) is 12.1 Å². The van der Waals surface area contributed by atoms with Crippen LogP contribution in [-0.4, -0.2) is 16.1 Å². The van der Waals surface area contributed by atoms with Crippen LogP contribution in [0.1, 0.15) is 10.4 Å². The molecule has 2 aromatic heterocycles. The zero-order valence-electron chi connectivity index (χ0n) is 9.83. The molecular formula is C13H10N4O2. The van der Waals surface area contributed by atoms with Crippen LogP contribution >= 0.6 is 0 Å². The molecule has 0 saturated heterocycles. The summed E-state index contributed by atoms with van der Waals surface area (Å²) >= 11 is 0. The van der Waals surface area contributed by atoms with E-state index in [1.54, 1.807) is 12.3 Å². The molecule has 0 bridgehead atoms. The predicted molar refractivity (Wildman–Crippen MR) is 69.4 cm³/mol. The highest BCUT2D eigenvalue weighted by atomic mass is 16.5. The minimum absolute atomic E-state index is 0.261. The van der Waals surface area contributed by atoms with E-state index in [-0.39, 0.29) is 5.91 Å². The maximum absolute atomic E-state index is 12.0. The molecule has 6 heteroatoms. The first-order chi connectivity index (χ1) is 9.22. The van der Waals surface area contributed by atoms with Gasteiger partial charge >= 0.3 is 0 Å². The Morgan fingerprint density at radius 3 is 2.84 bits per heavy atom. The van der Waals surface area contributed by atoms with Crippen LogP contribution in [0.4, 0.5) is 5.69 Å². The summed E-state index contributed by atoms with van der Waals surface area (Å²) in [5.74, 6) is -0.261. The third kappa shape index (κ3) is 2.23. The van der Waals surface area contributed by atoms with Gasteiger partial charge in [-0.15, -0.1) is 0 Å². The fourth-order valence-corrected chi connectivity index (χ4v) is 1.79. The number of H-pyrrole nitrogens is 1. The molecule has 0 fully saturated rings. The van der Waals surface area contributed by atoms with Gasteiger partial charge in [0.25, 0.3) is 5.91 Å². The number of fused-ring (bicyclic) bond motifs is 1. The number of hydrogen-bond acceptors (Lipinski definition) is 3. The van der Waals surface area contributed by atoms with Crippen LogP contribution in [0.25, 0.3) is 10.9 Å². The third-order valence-corrected chi connectivity index (χ3v) is 2.76. The minimum atomic E-state index is -0.261. The second-order valence-electron chi connectivity index (χ2n) is 4.07. The summed E-state index contributed by atoms with van der Waals surface area (Å²) in [6.45, 7) is 0. The molecule has 3 aromatic rings. The fourth-order valence-electron chi connectivity index (χ4n) is 1.79. The zero-order valence-corrected chi connectivity index (χ0v) is 9.83. The lowest BCUT2D eigenvalue weighted by atomic mass is 10.2.